The van der Waals surface area contributed by atoms with Crippen molar-refractivity contribution in [2.45, 2.75) is 52.1 Å². The molecule has 1 atom stereocenters. The van der Waals surface area contributed by atoms with Gasteiger partial charge in [0.2, 0.25) is 11.8 Å². The molecule has 1 N–H and O–H groups in total. The molecule has 0 fully saturated rings. The molecule has 0 aliphatic rings. The van der Waals surface area contributed by atoms with Crippen LogP contribution in [0.25, 0.3) is 0 Å². The number of hydrogen-bond donors (Lipinski definition) is 1. The van der Waals surface area contributed by atoms with Gasteiger partial charge in [0.25, 0.3) is 0 Å². The SMILES string of the molecule is CCCCNC(=O)C(C)N(Cc1ccc(Br)cc1)C(=O)CCCOc1ccc(OC)cc1. The van der Waals surface area contributed by atoms with Crippen molar-refractivity contribution in [1.82, 2.24) is 10.2 Å². The van der Waals surface area contributed by atoms with Gasteiger partial charge in [-0.25, -0.2) is 0 Å². The van der Waals surface area contributed by atoms with Gasteiger partial charge in [-0.05, 0) is 61.7 Å². The molecule has 174 valence electrons. The lowest BCUT2D eigenvalue weighted by molar-refractivity contribution is -0.140. The number of halogens is 1. The molecule has 2 aromatic carbocycles. The zero-order chi connectivity index (χ0) is 23.3. The summed E-state index contributed by atoms with van der Waals surface area (Å²) >= 11 is 3.43. The maximum Gasteiger partial charge on any atom is 0.242 e. The van der Waals surface area contributed by atoms with Gasteiger partial charge < -0.3 is 19.7 Å². The monoisotopic (exact) mass is 504 g/mol. The molecule has 0 saturated carbocycles. The van der Waals surface area contributed by atoms with Crippen molar-refractivity contribution in [2.75, 3.05) is 20.3 Å². The molecule has 0 spiro atoms. The summed E-state index contributed by atoms with van der Waals surface area (Å²) in [6.45, 7) is 5.28. The van der Waals surface area contributed by atoms with E-state index < -0.39 is 6.04 Å². The first-order valence-electron chi connectivity index (χ1n) is 11.0. The van der Waals surface area contributed by atoms with Crippen LogP contribution in [0.1, 0.15) is 45.1 Å². The minimum absolute atomic E-state index is 0.0654. The number of rotatable bonds is 13. The summed E-state index contributed by atoms with van der Waals surface area (Å²) in [5, 5.41) is 2.94. The minimum atomic E-state index is -0.550. The van der Waals surface area contributed by atoms with Crippen LogP contribution in [0.4, 0.5) is 0 Å². The summed E-state index contributed by atoms with van der Waals surface area (Å²) in [7, 11) is 1.62. The molecule has 0 saturated heterocycles. The minimum Gasteiger partial charge on any atom is -0.497 e. The van der Waals surface area contributed by atoms with Crippen LogP contribution in [0.5, 0.6) is 11.5 Å². The summed E-state index contributed by atoms with van der Waals surface area (Å²) in [4.78, 5) is 27.3. The zero-order valence-corrected chi connectivity index (χ0v) is 20.7. The van der Waals surface area contributed by atoms with Gasteiger partial charge in [-0.2, -0.15) is 0 Å². The van der Waals surface area contributed by atoms with E-state index in [9.17, 15) is 9.59 Å². The fourth-order valence-electron chi connectivity index (χ4n) is 3.13. The van der Waals surface area contributed by atoms with Gasteiger partial charge in [-0.1, -0.05) is 41.4 Å². The van der Waals surface area contributed by atoms with Crippen molar-refractivity contribution >= 4 is 27.7 Å². The third-order valence-electron chi connectivity index (χ3n) is 5.13. The number of ether oxygens (including phenoxy) is 2. The largest absolute Gasteiger partial charge is 0.497 e. The van der Waals surface area contributed by atoms with E-state index in [4.69, 9.17) is 9.47 Å². The molecule has 32 heavy (non-hydrogen) atoms. The number of nitrogens with one attached hydrogen (secondary N) is 1. The van der Waals surface area contributed by atoms with Crippen LogP contribution >= 0.6 is 15.9 Å². The smallest absolute Gasteiger partial charge is 0.242 e. The first-order chi connectivity index (χ1) is 15.4. The van der Waals surface area contributed by atoms with Crippen LogP contribution in [0.15, 0.2) is 53.0 Å². The van der Waals surface area contributed by atoms with Crippen molar-refractivity contribution < 1.29 is 19.1 Å². The molecule has 0 aromatic heterocycles. The summed E-state index contributed by atoms with van der Waals surface area (Å²) in [5.41, 5.74) is 0.976. The second kappa shape index (κ2) is 13.8. The molecule has 0 aliphatic carbocycles. The standard InChI is InChI=1S/C25H33BrN2O4/c1-4-5-16-27-25(30)19(2)28(18-20-8-10-21(26)11-9-20)24(29)7-6-17-32-23-14-12-22(31-3)13-15-23/h8-15,19H,4-7,16-18H2,1-3H3,(H,27,30). The Labute approximate surface area is 199 Å². The van der Waals surface area contributed by atoms with E-state index in [0.717, 1.165) is 34.4 Å². The number of nitrogens with zero attached hydrogens (tertiary/aromatic N) is 1. The highest BCUT2D eigenvalue weighted by Gasteiger charge is 2.25. The van der Waals surface area contributed by atoms with Crippen LogP contribution in [0.2, 0.25) is 0 Å². The lowest BCUT2D eigenvalue weighted by atomic mass is 10.1. The van der Waals surface area contributed by atoms with E-state index in [1.807, 2.05) is 48.5 Å². The first-order valence-corrected chi connectivity index (χ1v) is 11.8. The number of methoxy groups -OCH3 is 1. The van der Waals surface area contributed by atoms with E-state index >= 15 is 0 Å². The molecule has 2 rings (SSSR count). The second-order valence-electron chi connectivity index (χ2n) is 7.60. The number of carbonyl (C=O) groups is 2. The number of carbonyl (C=O) groups excluding carboxylic acids is 2. The number of unbranched alkanes of at least 4 members (excludes halogenated alkanes) is 1. The van der Waals surface area contributed by atoms with Crippen molar-refractivity contribution in [2.24, 2.45) is 0 Å². The number of amides is 2. The van der Waals surface area contributed by atoms with Gasteiger partial charge in [0.15, 0.2) is 0 Å². The van der Waals surface area contributed by atoms with E-state index in [-0.39, 0.29) is 11.8 Å². The third kappa shape index (κ3) is 8.54. The quantitative estimate of drug-likeness (QED) is 0.391. The van der Waals surface area contributed by atoms with E-state index in [1.165, 1.54) is 0 Å². The molecule has 0 radical (unpaired) electrons. The van der Waals surface area contributed by atoms with Gasteiger partial charge in [0.05, 0.1) is 13.7 Å². The lowest BCUT2D eigenvalue weighted by Crippen LogP contribution is -2.47. The fraction of sp³-hybridized carbons (Fsp3) is 0.440. The summed E-state index contributed by atoms with van der Waals surface area (Å²) < 4.78 is 11.8. The van der Waals surface area contributed by atoms with Crippen molar-refractivity contribution in [1.29, 1.82) is 0 Å². The van der Waals surface area contributed by atoms with Gasteiger partial charge in [-0.3, -0.25) is 9.59 Å². The predicted molar refractivity (Wildman–Crippen MR) is 130 cm³/mol. The molecule has 0 bridgehead atoms. The highest BCUT2D eigenvalue weighted by atomic mass is 79.9. The summed E-state index contributed by atoms with van der Waals surface area (Å²) in [5.74, 6) is 1.30. The van der Waals surface area contributed by atoms with Crippen molar-refractivity contribution in [3.8, 4) is 11.5 Å². The first kappa shape index (κ1) is 25.7. The summed E-state index contributed by atoms with van der Waals surface area (Å²) in [6, 6.07) is 14.6. The van der Waals surface area contributed by atoms with E-state index in [1.54, 1.807) is 18.9 Å². The zero-order valence-electron chi connectivity index (χ0n) is 19.1. The van der Waals surface area contributed by atoms with Crippen LogP contribution in [0.3, 0.4) is 0 Å². The Morgan fingerprint density at radius 3 is 2.31 bits per heavy atom. The van der Waals surface area contributed by atoms with Gasteiger partial charge in [-0.15, -0.1) is 0 Å². The summed E-state index contributed by atoms with van der Waals surface area (Å²) in [6.07, 6.45) is 2.79. The number of benzene rings is 2. The van der Waals surface area contributed by atoms with E-state index in [0.29, 0.717) is 32.5 Å². The maximum absolute atomic E-state index is 13.0. The average molecular weight is 505 g/mol. The van der Waals surface area contributed by atoms with Crippen LogP contribution in [0, 0.1) is 0 Å². The molecule has 2 amide bonds. The highest BCUT2D eigenvalue weighted by Crippen LogP contribution is 2.18. The molecule has 7 heteroatoms. The Kier molecular flexibility index (Phi) is 11.1. The topological polar surface area (TPSA) is 67.9 Å². The van der Waals surface area contributed by atoms with Gasteiger partial charge in [0, 0.05) is 24.0 Å². The molecule has 2 aromatic rings. The molecule has 0 heterocycles. The van der Waals surface area contributed by atoms with Crippen LogP contribution < -0.4 is 14.8 Å². The Balaban J connectivity index is 1.95. The molecule has 6 nitrogen and oxygen atoms in total. The Bertz CT molecular complexity index is 840. The Morgan fingerprint density at radius 1 is 1.03 bits per heavy atom. The highest BCUT2D eigenvalue weighted by molar-refractivity contribution is 9.10. The second-order valence-corrected chi connectivity index (χ2v) is 8.51. The van der Waals surface area contributed by atoms with E-state index in [2.05, 4.69) is 28.2 Å². The number of hydrogen-bond acceptors (Lipinski definition) is 4. The lowest BCUT2D eigenvalue weighted by Gasteiger charge is -2.29. The van der Waals surface area contributed by atoms with Crippen molar-refractivity contribution in [3.63, 3.8) is 0 Å². The third-order valence-corrected chi connectivity index (χ3v) is 5.65. The maximum atomic E-state index is 13.0. The Morgan fingerprint density at radius 2 is 1.69 bits per heavy atom. The van der Waals surface area contributed by atoms with Gasteiger partial charge >= 0.3 is 0 Å². The molecule has 0 aliphatic heterocycles. The van der Waals surface area contributed by atoms with Crippen LogP contribution in [-0.4, -0.2) is 43.0 Å². The fourth-order valence-corrected chi connectivity index (χ4v) is 3.40. The normalized spacial score (nSPS) is 11.5. The van der Waals surface area contributed by atoms with Crippen molar-refractivity contribution in [3.05, 3.63) is 58.6 Å². The molecule has 1 unspecified atom stereocenters. The van der Waals surface area contributed by atoms with Crippen LogP contribution in [-0.2, 0) is 16.1 Å². The molecular weight excluding hydrogens is 472 g/mol. The van der Waals surface area contributed by atoms with Gasteiger partial charge in [0.1, 0.15) is 17.5 Å². The average Bonchev–Trinajstić information content (AvgIpc) is 2.81. The Hall–Kier alpha value is -2.54. The predicted octanol–water partition coefficient (Wildman–Crippen LogP) is 4.95. The molecular formula is C25H33BrN2O4.